The minimum atomic E-state index is -0.811. The topological polar surface area (TPSA) is 55.1 Å². The van der Waals surface area contributed by atoms with Gasteiger partial charge in [-0.25, -0.2) is 4.39 Å². The van der Waals surface area contributed by atoms with Crippen LogP contribution in [0.1, 0.15) is 11.6 Å². The normalized spacial score (nSPS) is 11.9. The average molecular weight is 279 g/mol. The third-order valence-electron chi connectivity index (χ3n) is 2.65. The molecule has 3 nitrogen and oxygen atoms in total. The van der Waals surface area contributed by atoms with E-state index in [9.17, 15) is 9.18 Å². The van der Waals surface area contributed by atoms with Crippen molar-refractivity contribution in [3.05, 3.63) is 64.9 Å². The van der Waals surface area contributed by atoms with E-state index in [2.05, 4.69) is 5.32 Å². The molecule has 0 saturated heterocycles. The predicted octanol–water partition coefficient (Wildman–Crippen LogP) is 3.12. The molecule has 3 N–H and O–H groups in total. The third-order valence-corrected chi connectivity index (χ3v) is 2.95. The fourth-order valence-corrected chi connectivity index (χ4v) is 1.83. The van der Waals surface area contributed by atoms with E-state index < -0.39 is 17.8 Å². The summed E-state index contributed by atoms with van der Waals surface area (Å²) in [6.07, 6.45) is 0. The molecule has 0 heterocycles. The Morgan fingerprint density at radius 2 is 1.89 bits per heavy atom. The largest absolute Gasteiger partial charge is 0.370 e. The molecule has 2 aromatic carbocycles. The van der Waals surface area contributed by atoms with Gasteiger partial charge in [-0.3, -0.25) is 4.79 Å². The first-order chi connectivity index (χ1) is 9.08. The molecule has 2 rings (SSSR count). The van der Waals surface area contributed by atoms with Gasteiger partial charge in [-0.2, -0.15) is 0 Å². The van der Waals surface area contributed by atoms with Crippen molar-refractivity contribution in [3.8, 4) is 0 Å². The van der Waals surface area contributed by atoms with E-state index in [4.69, 9.17) is 17.3 Å². The highest BCUT2D eigenvalue weighted by atomic mass is 35.5. The van der Waals surface area contributed by atoms with Gasteiger partial charge in [0.2, 0.25) is 5.91 Å². The highest BCUT2D eigenvalue weighted by Crippen LogP contribution is 2.23. The summed E-state index contributed by atoms with van der Waals surface area (Å²) in [6.45, 7) is 0. The van der Waals surface area contributed by atoms with Crippen molar-refractivity contribution < 1.29 is 9.18 Å². The molecule has 0 aromatic heterocycles. The van der Waals surface area contributed by atoms with Gasteiger partial charge in [0.1, 0.15) is 11.9 Å². The van der Waals surface area contributed by atoms with Gasteiger partial charge >= 0.3 is 0 Å². The SMILES string of the molecule is NC(=O)C(Nc1ccccc1)c1ccc(Cl)c(F)c1. The average Bonchev–Trinajstić information content (AvgIpc) is 2.40. The number of carbonyl (C=O) groups is 1. The van der Waals surface area contributed by atoms with Crippen molar-refractivity contribution >= 4 is 23.2 Å². The van der Waals surface area contributed by atoms with Crippen LogP contribution < -0.4 is 11.1 Å². The van der Waals surface area contributed by atoms with Crippen LogP contribution in [0.5, 0.6) is 0 Å². The number of primary amides is 1. The number of hydrogen-bond acceptors (Lipinski definition) is 2. The van der Waals surface area contributed by atoms with Crippen LogP contribution in [-0.4, -0.2) is 5.91 Å². The van der Waals surface area contributed by atoms with Crippen LogP contribution in [0.15, 0.2) is 48.5 Å². The van der Waals surface area contributed by atoms with Gasteiger partial charge in [0.05, 0.1) is 5.02 Å². The number of anilines is 1. The van der Waals surface area contributed by atoms with Crippen molar-refractivity contribution in [3.63, 3.8) is 0 Å². The van der Waals surface area contributed by atoms with E-state index in [1.165, 1.54) is 12.1 Å². The minimum absolute atomic E-state index is 0.00619. The lowest BCUT2D eigenvalue weighted by Crippen LogP contribution is -2.27. The standard InChI is InChI=1S/C14H12ClFN2O/c15-11-7-6-9(8-12(11)16)13(14(17)19)18-10-4-2-1-3-5-10/h1-8,13,18H,(H2,17,19). The number of nitrogens with two attached hydrogens (primary N) is 1. The summed E-state index contributed by atoms with van der Waals surface area (Å²) in [5.74, 6) is -1.18. The number of halogens is 2. The quantitative estimate of drug-likeness (QED) is 0.903. The van der Waals surface area contributed by atoms with E-state index in [1.807, 2.05) is 18.2 Å². The molecule has 5 heteroatoms. The molecule has 1 unspecified atom stereocenters. The number of rotatable bonds is 4. The van der Waals surface area contributed by atoms with Crippen molar-refractivity contribution in [2.45, 2.75) is 6.04 Å². The Hall–Kier alpha value is -2.07. The van der Waals surface area contributed by atoms with E-state index >= 15 is 0 Å². The summed E-state index contributed by atoms with van der Waals surface area (Å²) in [5, 5.41) is 2.96. The molecule has 0 aliphatic heterocycles. The molecule has 1 amide bonds. The monoisotopic (exact) mass is 278 g/mol. The Morgan fingerprint density at radius 3 is 2.47 bits per heavy atom. The van der Waals surface area contributed by atoms with Crippen LogP contribution in [0.25, 0.3) is 0 Å². The molecule has 0 saturated carbocycles. The number of para-hydroxylation sites is 1. The number of benzene rings is 2. The zero-order valence-corrected chi connectivity index (χ0v) is 10.7. The molecule has 0 aliphatic carbocycles. The Balaban J connectivity index is 2.30. The molecule has 98 valence electrons. The highest BCUT2D eigenvalue weighted by Gasteiger charge is 2.18. The van der Waals surface area contributed by atoms with Crippen molar-refractivity contribution in [2.75, 3.05) is 5.32 Å². The van der Waals surface area contributed by atoms with Crippen LogP contribution in [0.3, 0.4) is 0 Å². The molecule has 0 spiro atoms. The molecule has 0 radical (unpaired) electrons. The fraction of sp³-hybridized carbons (Fsp3) is 0.0714. The Kier molecular flexibility index (Phi) is 4.02. The highest BCUT2D eigenvalue weighted by molar-refractivity contribution is 6.30. The van der Waals surface area contributed by atoms with Crippen LogP contribution in [-0.2, 0) is 4.79 Å². The van der Waals surface area contributed by atoms with Gasteiger partial charge in [-0.1, -0.05) is 35.9 Å². The second-order valence-electron chi connectivity index (χ2n) is 4.02. The maximum Gasteiger partial charge on any atom is 0.244 e. The summed E-state index contributed by atoms with van der Waals surface area (Å²) in [4.78, 5) is 11.5. The van der Waals surface area contributed by atoms with E-state index in [-0.39, 0.29) is 5.02 Å². The van der Waals surface area contributed by atoms with Gasteiger partial charge in [0, 0.05) is 5.69 Å². The van der Waals surface area contributed by atoms with Gasteiger partial charge in [-0.15, -0.1) is 0 Å². The molecular formula is C14H12ClFN2O. The van der Waals surface area contributed by atoms with E-state index in [0.717, 1.165) is 5.69 Å². The zero-order chi connectivity index (χ0) is 13.8. The molecule has 0 aliphatic rings. The van der Waals surface area contributed by atoms with E-state index in [0.29, 0.717) is 5.56 Å². The lowest BCUT2D eigenvalue weighted by molar-refractivity contribution is -0.118. The number of carbonyl (C=O) groups excluding carboxylic acids is 1. The fourth-order valence-electron chi connectivity index (χ4n) is 1.71. The predicted molar refractivity (Wildman–Crippen MR) is 73.4 cm³/mol. The zero-order valence-electron chi connectivity index (χ0n) is 9.94. The van der Waals surface area contributed by atoms with Crippen LogP contribution in [0.2, 0.25) is 5.02 Å². The summed E-state index contributed by atoms with van der Waals surface area (Å²) in [6, 6.07) is 12.4. The van der Waals surface area contributed by atoms with E-state index in [1.54, 1.807) is 18.2 Å². The Morgan fingerprint density at radius 1 is 1.21 bits per heavy atom. The smallest absolute Gasteiger partial charge is 0.244 e. The summed E-state index contributed by atoms with van der Waals surface area (Å²) >= 11 is 5.61. The Labute approximate surface area is 115 Å². The van der Waals surface area contributed by atoms with Gasteiger partial charge in [-0.05, 0) is 29.8 Å². The Bertz CT molecular complexity index is 589. The molecule has 0 bridgehead atoms. The van der Waals surface area contributed by atoms with Crippen molar-refractivity contribution in [1.82, 2.24) is 0 Å². The number of amides is 1. The first kappa shape index (κ1) is 13.4. The second kappa shape index (κ2) is 5.71. The summed E-state index contributed by atoms with van der Waals surface area (Å²) < 4.78 is 13.4. The molecule has 19 heavy (non-hydrogen) atoms. The lowest BCUT2D eigenvalue weighted by Gasteiger charge is -2.17. The maximum atomic E-state index is 13.4. The molecule has 1 atom stereocenters. The van der Waals surface area contributed by atoms with Crippen molar-refractivity contribution in [1.29, 1.82) is 0 Å². The molecule has 2 aromatic rings. The lowest BCUT2D eigenvalue weighted by atomic mass is 10.1. The van der Waals surface area contributed by atoms with Gasteiger partial charge < -0.3 is 11.1 Å². The molecule has 0 fully saturated rings. The van der Waals surface area contributed by atoms with Crippen LogP contribution >= 0.6 is 11.6 Å². The number of hydrogen-bond donors (Lipinski definition) is 2. The summed E-state index contributed by atoms with van der Waals surface area (Å²) in [7, 11) is 0. The first-order valence-corrected chi connectivity index (χ1v) is 6.01. The maximum absolute atomic E-state index is 13.4. The first-order valence-electron chi connectivity index (χ1n) is 5.64. The van der Waals surface area contributed by atoms with Gasteiger partial charge in [0.25, 0.3) is 0 Å². The minimum Gasteiger partial charge on any atom is -0.370 e. The van der Waals surface area contributed by atoms with Crippen LogP contribution in [0, 0.1) is 5.82 Å². The second-order valence-corrected chi connectivity index (χ2v) is 4.43. The van der Waals surface area contributed by atoms with Crippen LogP contribution in [0.4, 0.5) is 10.1 Å². The third kappa shape index (κ3) is 3.23. The summed E-state index contributed by atoms with van der Waals surface area (Å²) in [5.41, 5.74) is 6.50. The number of nitrogens with one attached hydrogen (secondary N) is 1. The molecular weight excluding hydrogens is 267 g/mol. The van der Waals surface area contributed by atoms with Gasteiger partial charge in [0.15, 0.2) is 0 Å². The van der Waals surface area contributed by atoms with Crippen molar-refractivity contribution in [2.24, 2.45) is 5.73 Å².